The van der Waals surface area contributed by atoms with Gasteiger partial charge < -0.3 is 4.74 Å². The lowest BCUT2D eigenvalue weighted by Gasteiger charge is -2.29. The number of ether oxygens (including phenoxy) is 1. The van der Waals surface area contributed by atoms with Crippen LogP contribution < -0.4 is 0 Å². The standard InChI is InChI=1S/C15H19NO3/c1-4-15(2,3)13(17)16-12(10-19-14(16)18)11-8-6-5-7-9-11/h5-9,12H,4,10H2,1-3H3. The number of cyclic esters (lactones) is 1. The van der Waals surface area contributed by atoms with E-state index in [4.69, 9.17) is 4.74 Å². The summed E-state index contributed by atoms with van der Waals surface area (Å²) in [5.74, 6) is -0.175. The minimum Gasteiger partial charge on any atom is -0.446 e. The van der Waals surface area contributed by atoms with Crippen LogP contribution in [0.25, 0.3) is 0 Å². The van der Waals surface area contributed by atoms with E-state index in [1.807, 2.05) is 51.1 Å². The van der Waals surface area contributed by atoms with E-state index in [0.29, 0.717) is 6.42 Å². The predicted molar refractivity (Wildman–Crippen MR) is 71.4 cm³/mol. The molecule has 102 valence electrons. The molecule has 0 spiro atoms. The van der Waals surface area contributed by atoms with Crippen molar-refractivity contribution in [1.82, 2.24) is 4.90 Å². The molecule has 1 aromatic rings. The van der Waals surface area contributed by atoms with Crippen LogP contribution in [-0.2, 0) is 9.53 Å². The van der Waals surface area contributed by atoms with E-state index in [1.165, 1.54) is 4.90 Å². The summed E-state index contributed by atoms with van der Waals surface area (Å²) in [7, 11) is 0. The molecule has 2 amide bonds. The molecule has 4 nitrogen and oxygen atoms in total. The molecule has 0 bridgehead atoms. The molecular formula is C15H19NO3. The Morgan fingerprint density at radius 2 is 2.00 bits per heavy atom. The lowest BCUT2D eigenvalue weighted by molar-refractivity contribution is -0.138. The number of hydrogen-bond donors (Lipinski definition) is 0. The first-order valence-electron chi connectivity index (χ1n) is 6.52. The molecule has 0 N–H and O–H groups in total. The van der Waals surface area contributed by atoms with Crippen molar-refractivity contribution in [2.24, 2.45) is 5.41 Å². The summed E-state index contributed by atoms with van der Waals surface area (Å²) < 4.78 is 5.06. The topological polar surface area (TPSA) is 46.6 Å². The predicted octanol–water partition coefficient (Wildman–Crippen LogP) is 3.14. The van der Waals surface area contributed by atoms with Gasteiger partial charge in [-0.2, -0.15) is 0 Å². The molecule has 1 fully saturated rings. The number of amides is 2. The van der Waals surface area contributed by atoms with Crippen molar-refractivity contribution in [3.63, 3.8) is 0 Å². The van der Waals surface area contributed by atoms with Crippen LogP contribution in [0.5, 0.6) is 0 Å². The average molecular weight is 261 g/mol. The van der Waals surface area contributed by atoms with E-state index in [-0.39, 0.29) is 18.6 Å². The highest BCUT2D eigenvalue weighted by molar-refractivity contribution is 5.96. The largest absolute Gasteiger partial charge is 0.446 e. The Balaban J connectivity index is 2.31. The lowest BCUT2D eigenvalue weighted by Crippen LogP contribution is -2.42. The zero-order valence-electron chi connectivity index (χ0n) is 11.6. The molecule has 0 aliphatic carbocycles. The third-order valence-electron chi connectivity index (χ3n) is 3.74. The molecule has 1 aliphatic rings. The second kappa shape index (κ2) is 5.03. The summed E-state index contributed by atoms with van der Waals surface area (Å²) >= 11 is 0. The van der Waals surface area contributed by atoms with Gasteiger partial charge in [-0.15, -0.1) is 0 Å². The number of rotatable bonds is 3. The van der Waals surface area contributed by atoms with Crippen LogP contribution in [0.15, 0.2) is 30.3 Å². The normalized spacial score (nSPS) is 19.4. The van der Waals surface area contributed by atoms with Crippen molar-refractivity contribution in [3.05, 3.63) is 35.9 Å². The second-order valence-electron chi connectivity index (χ2n) is 5.42. The number of imide groups is 1. The number of benzene rings is 1. The molecule has 2 rings (SSSR count). The van der Waals surface area contributed by atoms with E-state index in [0.717, 1.165) is 5.56 Å². The highest BCUT2D eigenvalue weighted by Gasteiger charge is 2.43. The van der Waals surface area contributed by atoms with Crippen molar-refractivity contribution >= 4 is 12.0 Å². The fourth-order valence-corrected chi connectivity index (χ4v) is 2.04. The summed E-state index contributed by atoms with van der Waals surface area (Å²) in [4.78, 5) is 25.6. The number of hydrogen-bond acceptors (Lipinski definition) is 3. The van der Waals surface area contributed by atoms with Crippen LogP contribution in [0.1, 0.15) is 38.8 Å². The van der Waals surface area contributed by atoms with Crippen LogP contribution in [0.3, 0.4) is 0 Å². The zero-order valence-corrected chi connectivity index (χ0v) is 11.6. The maximum Gasteiger partial charge on any atom is 0.417 e. The third kappa shape index (κ3) is 2.48. The molecule has 1 heterocycles. The average Bonchev–Trinajstić information content (AvgIpc) is 2.80. The third-order valence-corrected chi connectivity index (χ3v) is 3.74. The molecule has 0 aromatic heterocycles. The van der Waals surface area contributed by atoms with Crippen molar-refractivity contribution in [1.29, 1.82) is 0 Å². The van der Waals surface area contributed by atoms with Crippen molar-refractivity contribution < 1.29 is 14.3 Å². The molecule has 4 heteroatoms. The summed E-state index contributed by atoms with van der Waals surface area (Å²) in [6.45, 7) is 5.87. The first-order valence-corrected chi connectivity index (χ1v) is 6.52. The smallest absolute Gasteiger partial charge is 0.417 e. The van der Waals surface area contributed by atoms with E-state index in [2.05, 4.69) is 0 Å². The van der Waals surface area contributed by atoms with Gasteiger partial charge in [-0.05, 0) is 12.0 Å². The van der Waals surface area contributed by atoms with Gasteiger partial charge in [-0.3, -0.25) is 4.79 Å². The van der Waals surface area contributed by atoms with Crippen molar-refractivity contribution in [2.45, 2.75) is 33.2 Å². The van der Waals surface area contributed by atoms with Gasteiger partial charge in [0.15, 0.2) is 0 Å². The SMILES string of the molecule is CCC(C)(C)C(=O)N1C(=O)OCC1c1ccccc1. The first kappa shape index (κ1) is 13.6. The van der Waals surface area contributed by atoms with Gasteiger partial charge in [0.05, 0.1) is 0 Å². The van der Waals surface area contributed by atoms with Crippen LogP contribution in [0.4, 0.5) is 4.79 Å². The first-order chi connectivity index (χ1) is 8.97. The molecule has 1 unspecified atom stereocenters. The van der Waals surface area contributed by atoms with Gasteiger partial charge in [0.1, 0.15) is 12.6 Å². The minimum absolute atomic E-state index is 0.175. The fraction of sp³-hybridized carbons (Fsp3) is 0.467. The molecule has 1 aromatic carbocycles. The Morgan fingerprint density at radius 3 is 2.58 bits per heavy atom. The lowest BCUT2D eigenvalue weighted by atomic mass is 9.88. The summed E-state index contributed by atoms with van der Waals surface area (Å²) in [6, 6.07) is 9.20. The summed E-state index contributed by atoms with van der Waals surface area (Å²) in [6.07, 6.45) is 0.136. The van der Waals surface area contributed by atoms with Crippen molar-refractivity contribution in [3.8, 4) is 0 Å². The number of carbonyl (C=O) groups is 2. The van der Waals surface area contributed by atoms with Crippen LogP contribution >= 0.6 is 0 Å². The summed E-state index contributed by atoms with van der Waals surface area (Å²) in [5, 5.41) is 0. The molecule has 1 atom stereocenters. The van der Waals surface area contributed by atoms with E-state index in [9.17, 15) is 9.59 Å². The minimum atomic E-state index is -0.559. The molecule has 1 saturated heterocycles. The van der Waals surface area contributed by atoms with E-state index in [1.54, 1.807) is 0 Å². The van der Waals surface area contributed by atoms with Crippen molar-refractivity contribution in [2.75, 3.05) is 6.61 Å². The fourth-order valence-electron chi connectivity index (χ4n) is 2.04. The molecule has 0 saturated carbocycles. The molecule has 1 aliphatic heterocycles. The van der Waals surface area contributed by atoms with Gasteiger partial charge in [0, 0.05) is 5.41 Å². The van der Waals surface area contributed by atoms with E-state index >= 15 is 0 Å². The highest BCUT2D eigenvalue weighted by atomic mass is 16.6. The van der Waals surface area contributed by atoms with Crippen LogP contribution in [0, 0.1) is 5.41 Å². The molecular weight excluding hydrogens is 242 g/mol. The number of nitrogens with zero attached hydrogens (tertiary/aromatic N) is 1. The molecule has 0 radical (unpaired) electrons. The zero-order chi connectivity index (χ0) is 14.0. The van der Waals surface area contributed by atoms with Gasteiger partial charge >= 0.3 is 6.09 Å². The van der Waals surface area contributed by atoms with Gasteiger partial charge in [0.2, 0.25) is 5.91 Å². The monoisotopic (exact) mass is 261 g/mol. The Hall–Kier alpha value is -1.84. The maximum absolute atomic E-state index is 12.5. The second-order valence-corrected chi connectivity index (χ2v) is 5.42. The van der Waals surface area contributed by atoms with Gasteiger partial charge in [-0.25, -0.2) is 9.69 Å². The van der Waals surface area contributed by atoms with Gasteiger partial charge in [-0.1, -0.05) is 51.1 Å². The van der Waals surface area contributed by atoms with Crippen LogP contribution in [0.2, 0.25) is 0 Å². The summed E-state index contributed by atoms with van der Waals surface area (Å²) in [5.41, 5.74) is 0.365. The van der Waals surface area contributed by atoms with Crippen LogP contribution in [-0.4, -0.2) is 23.5 Å². The Labute approximate surface area is 113 Å². The Bertz CT molecular complexity index is 481. The quantitative estimate of drug-likeness (QED) is 0.839. The highest BCUT2D eigenvalue weighted by Crippen LogP contribution is 2.33. The van der Waals surface area contributed by atoms with E-state index < -0.39 is 11.5 Å². The Morgan fingerprint density at radius 1 is 1.37 bits per heavy atom. The molecule has 19 heavy (non-hydrogen) atoms. The Kier molecular flexibility index (Phi) is 3.60. The number of carbonyl (C=O) groups excluding carboxylic acids is 2. The maximum atomic E-state index is 12.5. The van der Waals surface area contributed by atoms with Gasteiger partial charge in [0.25, 0.3) is 0 Å².